The van der Waals surface area contributed by atoms with Crippen LogP contribution in [-0.4, -0.2) is 23.3 Å². The van der Waals surface area contributed by atoms with Gasteiger partial charge in [-0.25, -0.2) is 0 Å². The van der Waals surface area contributed by atoms with E-state index in [-0.39, 0.29) is 18.2 Å². The molecule has 0 heterocycles. The molecule has 2 N–H and O–H groups in total. The van der Waals surface area contributed by atoms with Gasteiger partial charge in [-0.05, 0) is 26.2 Å². The molecule has 2 atom stereocenters. The molecule has 0 aromatic heterocycles. The van der Waals surface area contributed by atoms with E-state index >= 15 is 0 Å². The van der Waals surface area contributed by atoms with Crippen molar-refractivity contribution in [1.82, 2.24) is 5.32 Å². The summed E-state index contributed by atoms with van der Waals surface area (Å²) in [5.41, 5.74) is -0.0354. The first-order valence-corrected chi connectivity index (χ1v) is 5.37. The Morgan fingerprint density at radius 3 is 2.50 bits per heavy atom. The predicted octanol–water partition coefficient (Wildman–Crippen LogP) is 1.82. The average Bonchev–Trinajstić information content (AvgIpc) is 2.17. The molecule has 0 aromatic carbocycles. The predicted molar refractivity (Wildman–Crippen MR) is 57.8 cm³/mol. The summed E-state index contributed by atoms with van der Waals surface area (Å²) in [4.78, 5) is 0. The summed E-state index contributed by atoms with van der Waals surface area (Å²) in [5, 5.41) is 21.0. The minimum absolute atomic E-state index is 0.0354. The Labute approximate surface area is 87.1 Å². The molecule has 0 amide bonds. The average molecular weight is 198 g/mol. The molecule has 0 spiro atoms. The van der Waals surface area contributed by atoms with Crippen molar-refractivity contribution in [3.63, 3.8) is 0 Å². The van der Waals surface area contributed by atoms with E-state index < -0.39 is 0 Å². The Hall–Kier alpha value is -0.590. The second-order valence-corrected chi connectivity index (χ2v) is 4.00. The fourth-order valence-electron chi connectivity index (χ4n) is 1.50. The van der Waals surface area contributed by atoms with E-state index in [1.807, 2.05) is 0 Å². The van der Waals surface area contributed by atoms with E-state index in [0.717, 1.165) is 19.3 Å². The summed E-state index contributed by atoms with van der Waals surface area (Å²) >= 11 is 0. The molecule has 0 bridgehead atoms. The molecule has 0 aliphatic rings. The zero-order valence-corrected chi connectivity index (χ0v) is 9.51. The van der Waals surface area contributed by atoms with Gasteiger partial charge in [-0.2, -0.15) is 5.26 Å². The molecule has 0 fully saturated rings. The van der Waals surface area contributed by atoms with Crippen LogP contribution in [-0.2, 0) is 0 Å². The Morgan fingerprint density at radius 2 is 2.14 bits per heavy atom. The molecular weight excluding hydrogens is 176 g/mol. The molecule has 0 aliphatic carbocycles. The summed E-state index contributed by atoms with van der Waals surface area (Å²) < 4.78 is 0. The van der Waals surface area contributed by atoms with Crippen molar-refractivity contribution in [3.05, 3.63) is 0 Å². The number of aliphatic hydroxyl groups is 1. The molecule has 0 radical (unpaired) electrons. The summed E-state index contributed by atoms with van der Waals surface area (Å²) in [7, 11) is 0. The van der Waals surface area contributed by atoms with Gasteiger partial charge in [0, 0.05) is 18.2 Å². The van der Waals surface area contributed by atoms with Crippen molar-refractivity contribution in [2.75, 3.05) is 6.61 Å². The van der Waals surface area contributed by atoms with Crippen molar-refractivity contribution < 1.29 is 5.11 Å². The molecule has 0 rings (SSSR count). The van der Waals surface area contributed by atoms with Crippen molar-refractivity contribution >= 4 is 0 Å². The first-order valence-electron chi connectivity index (χ1n) is 5.37. The first-order chi connectivity index (χ1) is 6.61. The van der Waals surface area contributed by atoms with Gasteiger partial charge >= 0.3 is 0 Å². The van der Waals surface area contributed by atoms with Crippen molar-refractivity contribution in [2.45, 2.75) is 58.0 Å². The van der Waals surface area contributed by atoms with Gasteiger partial charge in [0.15, 0.2) is 0 Å². The summed E-state index contributed by atoms with van der Waals surface area (Å²) in [6, 6.07) is 2.43. The smallest absolute Gasteiger partial charge is 0.0638 e. The number of nitrogens with one attached hydrogen (secondary N) is 1. The number of hydrogen-bond donors (Lipinski definition) is 2. The van der Waals surface area contributed by atoms with Gasteiger partial charge in [0.25, 0.3) is 0 Å². The molecule has 0 aliphatic heterocycles. The number of rotatable bonds is 7. The molecule has 2 unspecified atom stereocenters. The van der Waals surface area contributed by atoms with Crippen LogP contribution in [0, 0.1) is 11.3 Å². The van der Waals surface area contributed by atoms with Crippen molar-refractivity contribution in [3.8, 4) is 6.07 Å². The lowest BCUT2D eigenvalue weighted by Crippen LogP contribution is -2.48. The minimum Gasteiger partial charge on any atom is -0.396 e. The maximum atomic E-state index is 8.94. The molecule has 0 saturated heterocycles. The van der Waals surface area contributed by atoms with Crippen LogP contribution in [0.5, 0.6) is 0 Å². The maximum absolute atomic E-state index is 8.94. The Morgan fingerprint density at radius 1 is 1.50 bits per heavy atom. The quantitative estimate of drug-likeness (QED) is 0.656. The number of aliphatic hydroxyl groups excluding tert-OH is 1. The highest BCUT2D eigenvalue weighted by Crippen LogP contribution is 2.16. The number of nitriles is 1. The van der Waals surface area contributed by atoms with E-state index in [2.05, 4.69) is 32.2 Å². The first kappa shape index (κ1) is 13.4. The molecule has 0 aromatic rings. The van der Waals surface area contributed by atoms with E-state index in [9.17, 15) is 0 Å². The lowest BCUT2D eigenvalue weighted by molar-refractivity contribution is 0.201. The van der Waals surface area contributed by atoms with Crippen LogP contribution < -0.4 is 5.32 Å². The van der Waals surface area contributed by atoms with Crippen LogP contribution >= 0.6 is 0 Å². The van der Waals surface area contributed by atoms with E-state index in [1.54, 1.807) is 0 Å². The van der Waals surface area contributed by atoms with Gasteiger partial charge in [0.1, 0.15) is 0 Å². The van der Waals surface area contributed by atoms with E-state index in [4.69, 9.17) is 10.4 Å². The summed E-state index contributed by atoms with van der Waals surface area (Å²) in [6.45, 7) is 6.47. The van der Waals surface area contributed by atoms with Gasteiger partial charge in [0.2, 0.25) is 0 Å². The molecule has 82 valence electrons. The lowest BCUT2D eigenvalue weighted by Gasteiger charge is -2.33. The van der Waals surface area contributed by atoms with Crippen LogP contribution in [0.3, 0.4) is 0 Å². The Kier molecular flexibility index (Phi) is 6.52. The van der Waals surface area contributed by atoms with Crippen molar-refractivity contribution in [1.29, 1.82) is 5.26 Å². The highest BCUT2D eigenvalue weighted by Gasteiger charge is 2.23. The Balaban J connectivity index is 4.19. The molecule has 3 nitrogen and oxygen atoms in total. The highest BCUT2D eigenvalue weighted by atomic mass is 16.3. The monoisotopic (exact) mass is 198 g/mol. The second kappa shape index (κ2) is 6.80. The third-order valence-electron chi connectivity index (χ3n) is 2.83. The molecular formula is C11H22N2O. The van der Waals surface area contributed by atoms with Gasteiger partial charge in [0.05, 0.1) is 12.5 Å². The molecule has 14 heavy (non-hydrogen) atoms. The number of nitrogens with zero attached hydrogens (tertiary/aromatic N) is 1. The minimum atomic E-state index is -0.0354. The molecule has 0 saturated carbocycles. The zero-order chi connectivity index (χ0) is 11.0. The second-order valence-electron chi connectivity index (χ2n) is 4.00. The number of hydrogen-bond acceptors (Lipinski definition) is 3. The van der Waals surface area contributed by atoms with Crippen molar-refractivity contribution in [2.24, 2.45) is 0 Å². The summed E-state index contributed by atoms with van der Waals surface area (Å²) in [6.07, 6.45) is 3.20. The van der Waals surface area contributed by atoms with Gasteiger partial charge in [-0.3, -0.25) is 0 Å². The van der Waals surface area contributed by atoms with E-state index in [1.165, 1.54) is 0 Å². The van der Waals surface area contributed by atoms with Crippen LogP contribution in [0.4, 0.5) is 0 Å². The third-order valence-corrected chi connectivity index (χ3v) is 2.83. The highest BCUT2D eigenvalue weighted by molar-refractivity contribution is 4.88. The van der Waals surface area contributed by atoms with Gasteiger partial charge in [-0.1, -0.05) is 13.8 Å². The topological polar surface area (TPSA) is 56.0 Å². The SMILES string of the molecule is CCC(CC#N)NC(C)(CC)CCO. The standard InChI is InChI=1S/C11H22N2O/c1-4-10(6-8-12)13-11(3,5-2)7-9-14/h10,13-14H,4-7,9H2,1-3H3. The van der Waals surface area contributed by atoms with Crippen LogP contribution in [0.1, 0.15) is 46.5 Å². The fraction of sp³-hybridized carbons (Fsp3) is 0.909. The maximum Gasteiger partial charge on any atom is 0.0638 e. The largest absolute Gasteiger partial charge is 0.396 e. The lowest BCUT2D eigenvalue weighted by atomic mass is 9.93. The summed E-state index contributed by atoms with van der Waals surface area (Å²) in [5.74, 6) is 0. The fourth-order valence-corrected chi connectivity index (χ4v) is 1.50. The van der Waals surface area contributed by atoms with Crippen LogP contribution in [0.25, 0.3) is 0 Å². The zero-order valence-electron chi connectivity index (χ0n) is 9.51. The van der Waals surface area contributed by atoms with Gasteiger partial charge < -0.3 is 10.4 Å². The normalized spacial score (nSPS) is 17.1. The Bertz CT molecular complexity index is 188. The molecule has 3 heteroatoms. The third kappa shape index (κ3) is 4.59. The van der Waals surface area contributed by atoms with Gasteiger partial charge in [-0.15, -0.1) is 0 Å². The van der Waals surface area contributed by atoms with Crippen LogP contribution in [0.15, 0.2) is 0 Å². The van der Waals surface area contributed by atoms with E-state index in [0.29, 0.717) is 6.42 Å². The van der Waals surface area contributed by atoms with Crippen LogP contribution in [0.2, 0.25) is 0 Å².